The lowest BCUT2D eigenvalue weighted by Crippen LogP contribution is -2.24. The molecule has 5 rings (SSSR count). The Hall–Kier alpha value is -3.90. The molecule has 0 aromatic heterocycles. The van der Waals surface area contributed by atoms with E-state index in [1.165, 1.54) is 16.4 Å². The molecule has 1 amide bonds. The van der Waals surface area contributed by atoms with Crippen molar-refractivity contribution in [3.63, 3.8) is 0 Å². The molecule has 3 aliphatic heterocycles. The first kappa shape index (κ1) is 22.9. The Morgan fingerprint density at radius 1 is 1.14 bits per heavy atom. The number of nitrogens with one attached hydrogen (secondary N) is 1. The minimum Gasteiger partial charge on any atom is -0.325 e. The SMILES string of the molecule is CC(Sc1nc2nn(-c3ccccc3)c(=O)c-2c2n1CCCCC2)C(=O)Nc1cccc(C#N)c1. The molecule has 2 aromatic rings. The number of para-hydroxylation sites is 1. The molecule has 0 spiro atoms. The fraction of sp³-hybridized carbons (Fsp3) is 0.269. The smallest absolute Gasteiger partial charge is 0.284 e. The zero-order valence-corrected chi connectivity index (χ0v) is 20.1. The van der Waals surface area contributed by atoms with Gasteiger partial charge < -0.3 is 9.88 Å². The minimum atomic E-state index is -0.450. The van der Waals surface area contributed by atoms with Gasteiger partial charge in [0.1, 0.15) is 5.56 Å². The highest BCUT2D eigenvalue weighted by molar-refractivity contribution is 8.00. The van der Waals surface area contributed by atoms with Crippen molar-refractivity contribution < 1.29 is 4.79 Å². The van der Waals surface area contributed by atoms with Crippen LogP contribution >= 0.6 is 11.8 Å². The minimum absolute atomic E-state index is 0.163. The second kappa shape index (κ2) is 9.76. The highest BCUT2D eigenvalue weighted by atomic mass is 32.2. The highest BCUT2D eigenvalue weighted by Gasteiger charge is 2.28. The predicted octanol–water partition coefficient (Wildman–Crippen LogP) is 4.25. The average Bonchev–Trinajstić information content (AvgIpc) is 3.04. The maximum Gasteiger partial charge on any atom is 0.284 e. The van der Waals surface area contributed by atoms with Crippen molar-refractivity contribution >= 4 is 23.4 Å². The van der Waals surface area contributed by atoms with Crippen LogP contribution in [0.15, 0.2) is 64.5 Å². The zero-order chi connectivity index (χ0) is 24.4. The van der Waals surface area contributed by atoms with Gasteiger partial charge in [0.15, 0.2) is 11.0 Å². The van der Waals surface area contributed by atoms with Gasteiger partial charge in [-0.1, -0.05) is 42.4 Å². The van der Waals surface area contributed by atoms with Gasteiger partial charge in [-0.15, -0.1) is 5.10 Å². The number of thioether (sulfide) groups is 1. The second-order valence-electron chi connectivity index (χ2n) is 8.50. The summed E-state index contributed by atoms with van der Waals surface area (Å²) in [6, 6.07) is 18.3. The number of hydrogen-bond donors (Lipinski definition) is 1. The summed E-state index contributed by atoms with van der Waals surface area (Å²) in [7, 11) is 0. The molecule has 1 atom stereocenters. The van der Waals surface area contributed by atoms with Crippen molar-refractivity contribution in [1.29, 1.82) is 5.26 Å². The quantitative estimate of drug-likeness (QED) is 0.335. The van der Waals surface area contributed by atoms with Crippen LogP contribution < -0.4 is 10.9 Å². The monoisotopic (exact) mass is 484 g/mol. The molecule has 176 valence electrons. The van der Waals surface area contributed by atoms with E-state index in [9.17, 15) is 9.59 Å². The van der Waals surface area contributed by atoms with Gasteiger partial charge in [-0.05, 0) is 56.5 Å². The van der Waals surface area contributed by atoms with Crippen LogP contribution in [-0.4, -0.2) is 30.5 Å². The lowest BCUT2D eigenvalue weighted by atomic mass is 10.1. The maximum absolute atomic E-state index is 13.4. The van der Waals surface area contributed by atoms with Crippen molar-refractivity contribution in [2.45, 2.75) is 49.6 Å². The van der Waals surface area contributed by atoms with Gasteiger partial charge >= 0.3 is 0 Å². The number of benzene rings is 2. The number of fused-ring (bicyclic) bond motifs is 3. The first-order chi connectivity index (χ1) is 17.0. The van der Waals surface area contributed by atoms with Crippen LogP contribution in [0, 0.1) is 11.3 Å². The van der Waals surface area contributed by atoms with Crippen LogP contribution in [0.5, 0.6) is 0 Å². The van der Waals surface area contributed by atoms with Gasteiger partial charge in [0.05, 0.1) is 22.6 Å². The van der Waals surface area contributed by atoms with E-state index in [-0.39, 0.29) is 11.5 Å². The summed E-state index contributed by atoms with van der Waals surface area (Å²) in [6.07, 6.45) is 3.81. The van der Waals surface area contributed by atoms with Crippen LogP contribution in [0.4, 0.5) is 5.69 Å². The van der Waals surface area contributed by atoms with E-state index in [0.29, 0.717) is 33.5 Å². The van der Waals surface area contributed by atoms with Gasteiger partial charge in [-0.2, -0.15) is 9.94 Å². The van der Waals surface area contributed by atoms with Crippen LogP contribution in [-0.2, 0) is 17.8 Å². The fourth-order valence-electron chi connectivity index (χ4n) is 4.31. The number of nitriles is 1. The van der Waals surface area contributed by atoms with E-state index in [2.05, 4.69) is 21.1 Å². The van der Waals surface area contributed by atoms with Crippen LogP contribution in [0.3, 0.4) is 0 Å². The van der Waals surface area contributed by atoms with Crippen molar-refractivity contribution in [3.05, 3.63) is 76.2 Å². The summed E-state index contributed by atoms with van der Waals surface area (Å²) >= 11 is 1.35. The molecule has 1 unspecified atom stereocenters. The van der Waals surface area contributed by atoms with Crippen molar-refractivity contribution in [3.8, 4) is 23.1 Å². The summed E-state index contributed by atoms with van der Waals surface area (Å²) in [4.78, 5) is 31.1. The van der Waals surface area contributed by atoms with E-state index in [1.54, 1.807) is 24.3 Å². The molecule has 8 nitrogen and oxygen atoms in total. The Bertz CT molecular complexity index is 1450. The number of amides is 1. The Morgan fingerprint density at radius 2 is 1.97 bits per heavy atom. The summed E-state index contributed by atoms with van der Waals surface area (Å²) in [5.41, 5.74) is 3.10. The van der Waals surface area contributed by atoms with Gasteiger partial charge in [-0.3, -0.25) is 9.59 Å². The number of anilines is 1. The third kappa shape index (κ3) is 4.57. The molecule has 2 aromatic carbocycles. The molecule has 9 heteroatoms. The predicted molar refractivity (Wildman–Crippen MR) is 135 cm³/mol. The van der Waals surface area contributed by atoms with Crippen LogP contribution in [0.2, 0.25) is 0 Å². The summed E-state index contributed by atoms with van der Waals surface area (Å²) in [5.74, 6) is 0.220. The Labute approximate surface area is 207 Å². The van der Waals surface area contributed by atoms with E-state index >= 15 is 0 Å². The molecular formula is C26H24N6O2S. The number of carbonyl (C=O) groups is 1. The Morgan fingerprint density at radius 3 is 2.77 bits per heavy atom. The number of hydrogen-bond acceptors (Lipinski definition) is 6. The third-order valence-electron chi connectivity index (χ3n) is 6.08. The maximum atomic E-state index is 13.4. The topological polar surface area (TPSA) is 106 Å². The van der Waals surface area contributed by atoms with Crippen molar-refractivity contribution in [1.82, 2.24) is 19.3 Å². The molecule has 0 radical (unpaired) electrons. The van der Waals surface area contributed by atoms with E-state index < -0.39 is 5.25 Å². The third-order valence-corrected chi connectivity index (χ3v) is 7.17. The summed E-state index contributed by atoms with van der Waals surface area (Å²) in [5, 5.41) is 16.8. The number of nitrogens with zero attached hydrogens (tertiary/aromatic N) is 5. The van der Waals surface area contributed by atoms with Crippen molar-refractivity contribution in [2.75, 3.05) is 5.32 Å². The first-order valence-corrected chi connectivity index (χ1v) is 12.5. The summed E-state index contributed by atoms with van der Waals surface area (Å²) in [6.45, 7) is 2.57. The lowest BCUT2D eigenvalue weighted by Gasteiger charge is -2.19. The molecule has 0 saturated carbocycles. The Kier molecular flexibility index (Phi) is 6.38. The van der Waals surface area contributed by atoms with Crippen LogP contribution in [0.25, 0.3) is 17.1 Å². The number of aromatic nitrogens is 4. The van der Waals surface area contributed by atoms with E-state index in [4.69, 9.17) is 10.2 Å². The van der Waals surface area contributed by atoms with Crippen LogP contribution in [0.1, 0.15) is 37.4 Å². The van der Waals surface area contributed by atoms with E-state index in [0.717, 1.165) is 37.9 Å². The molecule has 3 heterocycles. The standard InChI is InChI=1S/C26H24N6O2S/c1-17(24(33)28-19-10-8-9-18(15-19)16-27)35-26-29-23-22(21-13-6-3-7-14-31(21)26)25(34)32(30-23)20-11-4-2-5-12-20/h2,4-5,8-12,15,17H,3,6-7,13-14H2,1H3,(H,28,33). The zero-order valence-electron chi connectivity index (χ0n) is 19.3. The van der Waals surface area contributed by atoms with Gasteiger partial charge in [0.2, 0.25) is 5.91 Å². The molecule has 35 heavy (non-hydrogen) atoms. The molecule has 0 saturated heterocycles. The normalized spacial score (nSPS) is 14.1. The fourth-order valence-corrected chi connectivity index (χ4v) is 5.26. The van der Waals surface area contributed by atoms with Crippen molar-refractivity contribution in [2.24, 2.45) is 0 Å². The van der Waals surface area contributed by atoms with E-state index in [1.807, 2.05) is 37.3 Å². The molecule has 1 N–H and O–H groups in total. The van der Waals surface area contributed by atoms with Gasteiger partial charge in [0, 0.05) is 17.9 Å². The number of rotatable bonds is 5. The molecule has 0 fully saturated rings. The summed E-state index contributed by atoms with van der Waals surface area (Å²) < 4.78 is 3.51. The largest absolute Gasteiger partial charge is 0.325 e. The molecule has 0 bridgehead atoms. The van der Waals surface area contributed by atoms with Gasteiger partial charge in [-0.25, -0.2) is 4.98 Å². The molecule has 0 aliphatic carbocycles. The number of carbonyl (C=O) groups excluding carboxylic acids is 1. The Balaban J connectivity index is 1.50. The second-order valence-corrected chi connectivity index (χ2v) is 9.80. The average molecular weight is 485 g/mol. The highest BCUT2D eigenvalue weighted by Crippen LogP contribution is 2.32. The van der Waals surface area contributed by atoms with Gasteiger partial charge in [0.25, 0.3) is 5.56 Å². The lowest BCUT2D eigenvalue weighted by molar-refractivity contribution is -0.115. The molecule has 3 aliphatic rings. The first-order valence-electron chi connectivity index (χ1n) is 11.6. The molecular weight excluding hydrogens is 460 g/mol.